The predicted molar refractivity (Wildman–Crippen MR) is 57.7 cm³/mol. The Kier molecular flexibility index (Phi) is 3.22. The first kappa shape index (κ1) is 11.5. The van der Waals surface area contributed by atoms with Crippen LogP contribution in [0.3, 0.4) is 0 Å². The zero-order chi connectivity index (χ0) is 11.6. The second-order valence-corrected chi connectivity index (χ2v) is 4.54. The molecule has 0 aromatic carbocycles. The quantitative estimate of drug-likeness (QED) is 0.737. The van der Waals surface area contributed by atoms with Gasteiger partial charge < -0.3 is 19.8 Å². The second kappa shape index (κ2) is 4.48. The van der Waals surface area contributed by atoms with Gasteiger partial charge in [-0.15, -0.1) is 0 Å². The first-order valence-corrected chi connectivity index (χ1v) is 5.51. The van der Waals surface area contributed by atoms with Gasteiger partial charge in [-0.1, -0.05) is 5.16 Å². The van der Waals surface area contributed by atoms with E-state index < -0.39 is 5.60 Å². The Labute approximate surface area is 94.6 Å². The molecule has 0 bridgehead atoms. The molecule has 0 aliphatic carbocycles. The van der Waals surface area contributed by atoms with Crippen molar-refractivity contribution in [2.24, 2.45) is 0 Å². The van der Waals surface area contributed by atoms with Gasteiger partial charge in [0.25, 0.3) is 5.89 Å². The highest BCUT2D eigenvalue weighted by atomic mass is 16.5. The van der Waals surface area contributed by atoms with E-state index in [4.69, 9.17) is 4.52 Å². The van der Waals surface area contributed by atoms with Crippen molar-refractivity contribution in [3.05, 3.63) is 11.7 Å². The summed E-state index contributed by atoms with van der Waals surface area (Å²) >= 11 is 0. The van der Waals surface area contributed by atoms with Crippen LogP contribution in [0.15, 0.2) is 4.52 Å². The molecule has 0 radical (unpaired) electrons. The number of hydrogen-bond donors (Lipinski definition) is 2. The van der Waals surface area contributed by atoms with Crippen LogP contribution in [0.1, 0.15) is 24.6 Å². The Hall–Kier alpha value is -0.980. The standard InChI is InChI=1S/C10H18N4O2/c1-14(2)7-8-12-9(16-13-8)10(15)3-5-11-6-4-10/h11,15H,3-7H2,1-2H3. The van der Waals surface area contributed by atoms with Crippen molar-refractivity contribution >= 4 is 0 Å². The van der Waals surface area contributed by atoms with Gasteiger partial charge in [-0.25, -0.2) is 0 Å². The molecule has 2 heterocycles. The van der Waals surface area contributed by atoms with E-state index >= 15 is 0 Å². The highest BCUT2D eigenvalue weighted by molar-refractivity contribution is 5.01. The Bertz CT molecular complexity index is 344. The van der Waals surface area contributed by atoms with E-state index in [1.807, 2.05) is 19.0 Å². The lowest BCUT2D eigenvalue weighted by molar-refractivity contribution is -0.0228. The summed E-state index contributed by atoms with van der Waals surface area (Å²) < 4.78 is 5.14. The van der Waals surface area contributed by atoms with Gasteiger partial charge in [-0.05, 0) is 40.0 Å². The zero-order valence-electron chi connectivity index (χ0n) is 9.73. The minimum atomic E-state index is -0.942. The number of aliphatic hydroxyl groups is 1. The fourth-order valence-corrected chi connectivity index (χ4v) is 1.84. The lowest BCUT2D eigenvalue weighted by atomic mass is 9.92. The van der Waals surface area contributed by atoms with E-state index in [0.717, 1.165) is 13.1 Å². The first-order valence-electron chi connectivity index (χ1n) is 5.51. The van der Waals surface area contributed by atoms with Gasteiger partial charge in [0, 0.05) is 0 Å². The summed E-state index contributed by atoms with van der Waals surface area (Å²) in [5.74, 6) is 0.970. The minimum absolute atomic E-state index is 0.353. The molecule has 0 atom stereocenters. The molecule has 0 saturated carbocycles. The first-order chi connectivity index (χ1) is 7.60. The lowest BCUT2D eigenvalue weighted by Crippen LogP contribution is -2.40. The summed E-state index contributed by atoms with van der Waals surface area (Å²) in [7, 11) is 3.88. The normalized spacial score (nSPS) is 20.2. The molecule has 1 aliphatic heterocycles. The Balaban J connectivity index is 2.10. The van der Waals surface area contributed by atoms with Crippen LogP contribution in [0, 0.1) is 0 Å². The summed E-state index contributed by atoms with van der Waals surface area (Å²) in [5.41, 5.74) is -0.942. The average molecular weight is 226 g/mol. The maximum atomic E-state index is 10.3. The van der Waals surface area contributed by atoms with E-state index in [1.165, 1.54) is 0 Å². The van der Waals surface area contributed by atoms with E-state index in [0.29, 0.717) is 31.1 Å². The molecule has 16 heavy (non-hydrogen) atoms. The predicted octanol–water partition coefficient (Wildman–Crippen LogP) is -0.298. The number of aromatic nitrogens is 2. The zero-order valence-corrected chi connectivity index (χ0v) is 9.73. The summed E-state index contributed by atoms with van der Waals surface area (Å²) in [6, 6.07) is 0. The van der Waals surface area contributed by atoms with Crippen molar-refractivity contribution in [2.45, 2.75) is 25.0 Å². The number of nitrogens with zero attached hydrogens (tertiary/aromatic N) is 3. The maximum absolute atomic E-state index is 10.3. The van der Waals surface area contributed by atoms with Crippen molar-refractivity contribution in [1.29, 1.82) is 0 Å². The topological polar surface area (TPSA) is 74.4 Å². The molecule has 0 spiro atoms. The van der Waals surface area contributed by atoms with Gasteiger partial charge in [-0.2, -0.15) is 4.98 Å². The van der Waals surface area contributed by atoms with E-state index in [2.05, 4.69) is 15.5 Å². The molecule has 1 aromatic heterocycles. The van der Waals surface area contributed by atoms with Crippen LogP contribution in [0.5, 0.6) is 0 Å². The highest BCUT2D eigenvalue weighted by Gasteiger charge is 2.36. The van der Waals surface area contributed by atoms with Crippen molar-refractivity contribution < 1.29 is 9.63 Å². The van der Waals surface area contributed by atoms with Crippen molar-refractivity contribution in [3.8, 4) is 0 Å². The molecule has 1 aliphatic rings. The summed E-state index contributed by atoms with van der Waals surface area (Å²) in [4.78, 5) is 6.21. The fourth-order valence-electron chi connectivity index (χ4n) is 1.84. The molecule has 1 fully saturated rings. The Morgan fingerprint density at radius 3 is 2.75 bits per heavy atom. The molecular formula is C10H18N4O2. The van der Waals surface area contributed by atoms with Crippen LogP contribution >= 0.6 is 0 Å². The number of rotatable bonds is 3. The fraction of sp³-hybridized carbons (Fsp3) is 0.800. The third kappa shape index (κ3) is 2.40. The van der Waals surface area contributed by atoms with Crippen LogP contribution in [-0.4, -0.2) is 47.3 Å². The molecule has 6 heteroatoms. The number of nitrogens with one attached hydrogen (secondary N) is 1. The maximum Gasteiger partial charge on any atom is 0.258 e. The van der Waals surface area contributed by atoms with Crippen LogP contribution in [0.25, 0.3) is 0 Å². The second-order valence-electron chi connectivity index (χ2n) is 4.54. The van der Waals surface area contributed by atoms with Gasteiger partial charge in [0.2, 0.25) is 0 Å². The van der Waals surface area contributed by atoms with Gasteiger partial charge in [-0.3, -0.25) is 0 Å². The highest BCUT2D eigenvalue weighted by Crippen LogP contribution is 2.28. The Morgan fingerprint density at radius 1 is 1.44 bits per heavy atom. The van der Waals surface area contributed by atoms with Crippen LogP contribution in [-0.2, 0) is 12.1 Å². The third-order valence-electron chi connectivity index (χ3n) is 2.75. The molecule has 1 saturated heterocycles. The molecule has 2 N–H and O–H groups in total. The molecule has 0 unspecified atom stereocenters. The van der Waals surface area contributed by atoms with Crippen LogP contribution in [0.4, 0.5) is 0 Å². The number of piperidine rings is 1. The van der Waals surface area contributed by atoms with Crippen LogP contribution < -0.4 is 5.32 Å². The van der Waals surface area contributed by atoms with Crippen LogP contribution in [0.2, 0.25) is 0 Å². The molecule has 2 rings (SSSR count). The average Bonchev–Trinajstić information content (AvgIpc) is 2.67. The summed E-state index contributed by atoms with van der Waals surface area (Å²) in [5, 5.41) is 17.4. The lowest BCUT2D eigenvalue weighted by Gasteiger charge is -2.28. The summed E-state index contributed by atoms with van der Waals surface area (Å²) in [6.45, 7) is 2.18. The largest absolute Gasteiger partial charge is 0.380 e. The Morgan fingerprint density at radius 2 is 2.12 bits per heavy atom. The van der Waals surface area contributed by atoms with Crippen molar-refractivity contribution in [1.82, 2.24) is 20.4 Å². The van der Waals surface area contributed by atoms with Gasteiger partial charge in [0.05, 0.1) is 6.54 Å². The van der Waals surface area contributed by atoms with E-state index in [-0.39, 0.29) is 0 Å². The van der Waals surface area contributed by atoms with Gasteiger partial charge in [0.1, 0.15) is 5.60 Å². The molecule has 0 amide bonds. The monoisotopic (exact) mass is 226 g/mol. The smallest absolute Gasteiger partial charge is 0.258 e. The molecular weight excluding hydrogens is 208 g/mol. The van der Waals surface area contributed by atoms with Crippen molar-refractivity contribution in [2.75, 3.05) is 27.2 Å². The molecule has 6 nitrogen and oxygen atoms in total. The van der Waals surface area contributed by atoms with E-state index in [1.54, 1.807) is 0 Å². The van der Waals surface area contributed by atoms with E-state index in [9.17, 15) is 5.11 Å². The molecule has 90 valence electrons. The number of hydrogen-bond acceptors (Lipinski definition) is 6. The minimum Gasteiger partial charge on any atom is -0.380 e. The molecule has 1 aromatic rings. The van der Waals surface area contributed by atoms with Gasteiger partial charge >= 0.3 is 0 Å². The summed E-state index contributed by atoms with van der Waals surface area (Å²) in [6.07, 6.45) is 1.24. The SMILES string of the molecule is CN(C)Cc1noc(C2(O)CCNCC2)n1. The van der Waals surface area contributed by atoms with Gasteiger partial charge in [0.15, 0.2) is 5.82 Å². The van der Waals surface area contributed by atoms with Crippen molar-refractivity contribution in [3.63, 3.8) is 0 Å². The third-order valence-corrected chi connectivity index (χ3v) is 2.75.